The van der Waals surface area contributed by atoms with Gasteiger partial charge in [-0.25, -0.2) is 0 Å². The van der Waals surface area contributed by atoms with Gasteiger partial charge < -0.3 is 10.0 Å². The Balaban J connectivity index is 1.90. The maximum atomic E-state index is 10.8. The van der Waals surface area contributed by atoms with Crippen molar-refractivity contribution < 1.29 is 5.11 Å². The quantitative estimate of drug-likeness (QED) is 0.765. The molecule has 88 valence electrons. The average molecular weight is 221 g/mol. The molecule has 2 aliphatic heterocycles. The van der Waals surface area contributed by atoms with E-state index in [1.54, 1.807) is 4.68 Å². The second-order valence-corrected chi connectivity index (χ2v) is 5.36. The fourth-order valence-corrected chi connectivity index (χ4v) is 3.32. The van der Waals surface area contributed by atoms with Crippen molar-refractivity contribution in [1.29, 1.82) is 0 Å². The highest BCUT2D eigenvalue weighted by atomic mass is 16.3. The normalized spacial score (nSPS) is 39.2. The number of aromatic nitrogens is 2. The Morgan fingerprint density at radius 2 is 1.94 bits per heavy atom. The van der Waals surface area contributed by atoms with Crippen LogP contribution in [0.2, 0.25) is 0 Å². The van der Waals surface area contributed by atoms with Crippen molar-refractivity contribution in [2.45, 2.75) is 43.4 Å². The Morgan fingerprint density at radius 3 is 2.44 bits per heavy atom. The first-order chi connectivity index (χ1) is 7.58. The van der Waals surface area contributed by atoms with E-state index in [-0.39, 0.29) is 0 Å². The van der Waals surface area contributed by atoms with Gasteiger partial charge >= 0.3 is 0 Å². The molecule has 0 aliphatic carbocycles. The summed E-state index contributed by atoms with van der Waals surface area (Å²) < 4.78 is 1.77. The second kappa shape index (κ2) is 3.31. The molecule has 1 aromatic rings. The van der Waals surface area contributed by atoms with Crippen LogP contribution in [0.15, 0.2) is 12.3 Å². The van der Waals surface area contributed by atoms with Crippen LogP contribution in [-0.4, -0.2) is 38.9 Å². The number of aryl methyl sites for hydroxylation is 1. The number of piperidine rings is 1. The minimum atomic E-state index is -0.695. The molecule has 1 aromatic heterocycles. The number of aliphatic hydroxyl groups is 1. The minimum absolute atomic E-state index is 0.533. The Bertz CT molecular complexity index is 387. The summed E-state index contributed by atoms with van der Waals surface area (Å²) >= 11 is 0. The van der Waals surface area contributed by atoms with Crippen LogP contribution in [0.3, 0.4) is 0 Å². The zero-order chi connectivity index (χ0) is 11.3. The smallest absolute Gasteiger partial charge is 0.111 e. The number of hydrogen-bond donors (Lipinski definition) is 1. The lowest BCUT2D eigenvalue weighted by Gasteiger charge is -2.41. The third kappa shape index (κ3) is 1.40. The molecule has 4 heteroatoms. The van der Waals surface area contributed by atoms with E-state index in [4.69, 9.17) is 0 Å². The molecule has 1 N–H and O–H groups in total. The number of fused-ring (bicyclic) bond motifs is 2. The van der Waals surface area contributed by atoms with Gasteiger partial charge in [-0.1, -0.05) is 0 Å². The molecule has 0 radical (unpaired) electrons. The molecule has 0 saturated carbocycles. The predicted octanol–water partition coefficient (Wildman–Crippen LogP) is 0.864. The van der Waals surface area contributed by atoms with Gasteiger partial charge in [0.2, 0.25) is 0 Å². The molecule has 0 aromatic carbocycles. The van der Waals surface area contributed by atoms with Crippen molar-refractivity contribution in [2.24, 2.45) is 7.05 Å². The second-order valence-electron chi connectivity index (χ2n) is 5.36. The predicted molar refractivity (Wildman–Crippen MR) is 60.9 cm³/mol. The van der Waals surface area contributed by atoms with Crippen molar-refractivity contribution in [3.8, 4) is 0 Å². The first kappa shape index (κ1) is 10.3. The molecule has 4 nitrogen and oxygen atoms in total. The Hall–Kier alpha value is -0.870. The number of hydrogen-bond acceptors (Lipinski definition) is 3. The van der Waals surface area contributed by atoms with Crippen LogP contribution in [0.25, 0.3) is 0 Å². The summed E-state index contributed by atoms with van der Waals surface area (Å²) in [6.07, 6.45) is 6.01. The molecule has 2 atom stereocenters. The highest BCUT2D eigenvalue weighted by molar-refractivity contribution is 5.15. The molecule has 2 fully saturated rings. The summed E-state index contributed by atoms with van der Waals surface area (Å²) in [5, 5.41) is 15.1. The van der Waals surface area contributed by atoms with Crippen LogP contribution in [0.5, 0.6) is 0 Å². The highest BCUT2D eigenvalue weighted by Gasteiger charge is 2.47. The fraction of sp³-hybridized carbons (Fsp3) is 0.750. The van der Waals surface area contributed by atoms with Crippen molar-refractivity contribution in [3.63, 3.8) is 0 Å². The minimum Gasteiger partial charge on any atom is -0.383 e. The van der Waals surface area contributed by atoms with E-state index in [1.807, 2.05) is 19.3 Å². The zero-order valence-electron chi connectivity index (χ0n) is 9.93. The van der Waals surface area contributed by atoms with Gasteiger partial charge in [-0.15, -0.1) is 0 Å². The number of rotatable bonds is 1. The zero-order valence-corrected chi connectivity index (χ0v) is 9.93. The summed E-state index contributed by atoms with van der Waals surface area (Å²) in [5.74, 6) is 0. The summed E-state index contributed by atoms with van der Waals surface area (Å²) in [7, 11) is 4.08. The molecule has 16 heavy (non-hydrogen) atoms. The maximum Gasteiger partial charge on any atom is 0.111 e. The molecule has 2 saturated heterocycles. The molecule has 0 spiro atoms. The monoisotopic (exact) mass is 221 g/mol. The molecular weight excluding hydrogens is 202 g/mol. The van der Waals surface area contributed by atoms with E-state index in [1.165, 1.54) is 12.8 Å². The highest BCUT2D eigenvalue weighted by Crippen LogP contribution is 2.44. The third-order valence-electron chi connectivity index (χ3n) is 4.32. The van der Waals surface area contributed by atoms with E-state index < -0.39 is 5.60 Å². The lowest BCUT2D eigenvalue weighted by Crippen LogP contribution is -2.47. The van der Waals surface area contributed by atoms with Crippen LogP contribution in [0.1, 0.15) is 31.4 Å². The van der Waals surface area contributed by atoms with Gasteiger partial charge in [0.05, 0.1) is 5.69 Å². The molecular formula is C12H19N3O. The average Bonchev–Trinajstić information content (AvgIpc) is 2.73. The Labute approximate surface area is 95.9 Å². The molecule has 3 rings (SSSR count). The van der Waals surface area contributed by atoms with Crippen LogP contribution >= 0.6 is 0 Å². The van der Waals surface area contributed by atoms with Crippen molar-refractivity contribution >= 4 is 0 Å². The van der Waals surface area contributed by atoms with Gasteiger partial charge in [-0.2, -0.15) is 5.10 Å². The summed E-state index contributed by atoms with van der Waals surface area (Å²) in [6, 6.07) is 3.02. The summed E-state index contributed by atoms with van der Waals surface area (Å²) in [5.41, 5.74) is 0.152. The van der Waals surface area contributed by atoms with Crippen molar-refractivity contribution in [3.05, 3.63) is 18.0 Å². The molecule has 2 aliphatic rings. The molecule has 2 unspecified atom stereocenters. The van der Waals surface area contributed by atoms with Gasteiger partial charge in [0, 0.05) is 25.3 Å². The topological polar surface area (TPSA) is 41.3 Å². The maximum absolute atomic E-state index is 10.8. The van der Waals surface area contributed by atoms with Gasteiger partial charge in [0.25, 0.3) is 0 Å². The fourth-order valence-electron chi connectivity index (χ4n) is 3.32. The van der Waals surface area contributed by atoms with Crippen LogP contribution in [0, 0.1) is 0 Å². The van der Waals surface area contributed by atoms with Crippen LogP contribution in [0.4, 0.5) is 0 Å². The van der Waals surface area contributed by atoms with Crippen LogP contribution < -0.4 is 0 Å². The number of nitrogens with zero attached hydrogens (tertiary/aromatic N) is 3. The molecule has 3 heterocycles. The lowest BCUT2D eigenvalue weighted by atomic mass is 9.84. The summed E-state index contributed by atoms with van der Waals surface area (Å²) in [4.78, 5) is 2.43. The largest absolute Gasteiger partial charge is 0.383 e. The lowest BCUT2D eigenvalue weighted by molar-refractivity contribution is -0.0527. The summed E-state index contributed by atoms with van der Waals surface area (Å²) in [6.45, 7) is 0. The van der Waals surface area contributed by atoms with Gasteiger partial charge in [0.15, 0.2) is 0 Å². The Kier molecular flexibility index (Phi) is 2.13. The van der Waals surface area contributed by atoms with E-state index in [2.05, 4.69) is 17.0 Å². The van der Waals surface area contributed by atoms with Gasteiger partial charge in [-0.3, -0.25) is 4.68 Å². The van der Waals surface area contributed by atoms with E-state index in [9.17, 15) is 5.11 Å². The SMILES string of the molecule is CN1C2CCC1CC(O)(c1ccn(C)n1)C2. The first-order valence-electron chi connectivity index (χ1n) is 6.03. The van der Waals surface area contributed by atoms with Gasteiger partial charge in [-0.05, 0) is 38.8 Å². The third-order valence-corrected chi connectivity index (χ3v) is 4.32. The van der Waals surface area contributed by atoms with E-state index >= 15 is 0 Å². The van der Waals surface area contributed by atoms with Crippen molar-refractivity contribution in [1.82, 2.24) is 14.7 Å². The standard InChI is InChI=1S/C12H19N3O/c1-14-6-5-11(13-14)12(16)7-9-3-4-10(8-12)15(9)2/h5-6,9-10,16H,3-4,7-8H2,1-2H3. The van der Waals surface area contributed by atoms with Crippen LogP contribution in [-0.2, 0) is 12.6 Å². The van der Waals surface area contributed by atoms with Crippen molar-refractivity contribution in [2.75, 3.05) is 7.05 Å². The molecule has 0 amide bonds. The van der Waals surface area contributed by atoms with Gasteiger partial charge in [0.1, 0.15) is 5.60 Å². The Morgan fingerprint density at radius 1 is 1.31 bits per heavy atom. The van der Waals surface area contributed by atoms with E-state index in [0.29, 0.717) is 12.1 Å². The van der Waals surface area contributed by atoms with E-state index in [0.717, 1.165) is 18.5 Å². The first-order valence-corrected chi connectivity index (χ1v) is 6.03. The molecule has 2 bridgehead atoms.